The molecule has 3 aromatic rings. The van der Waals surface area contributed by atoms with Gasteiger partial charge in [-0.05, 0) is 43.2 Å². The Labute approximate surface area is 129 Å². The van der Waals surface area contributed by atoms with Crippen molar-refractivity contribution in [2.24, 2.45) is 0 Å². The maximum atomic E-state index is 12.4. The first kappa shape index (κ1) is 13.0. The van der Waals surface area contributed by atoms with Crippen molar-refractivity contribution >= 4 is 5.78 Å². The molecule has 0 aliphatic heterocycles. The molecular weight excluding hydrogens is 270 g/mol. The number of rotatable bonds is 1. The lowest BCUT2D eigenvalue weighted by atomic mass is 10.0. The van der Waals surface area contributed by atoms with Crippen LogP contribution in [0.3, 0.4) is 0 Å². The smallest absolute Gasteiger partial charge is 0.195 e. The number of aromatic nitrogens is 1. The molecule has 0 atom stereocenters. The number of ketones is 1. The van der Waals surface area contributed by atoms with Crippen LogP contribution in [0, 0.1) is 13.8 Å². The number of benzene rings is 2. The Morgan fingerprint density at radius 3 is 2.18 bits per heavy atom. The molecule has 2 heteroatoms. The van der Waals surface area contributed by atoms with Gasteiger partial charge in [0, 0.05) is 22.9 Å². The topological polar surface area (TPSA) is 30.0 Å². The van der Waals surface area contributed by atoms with E-state index >= 15 is 0 Å². The first-order chi connectivity index (χ1) is 10.6. The van der Waals surface area contributed by atoms with E-state index in [1.54, 1.807) is 6.20 Å². The van der Waals surface area contributed by atoms with Crippen LogP contribution in [0.1, 0.15) is 27.0 Å². The van der Waals surface area contributed by atoms with Crippen LogP contribution in [0.5, 0.6) is 0 Å². The van der Waals surface area contributed by atoms with Crippen molar-refractivity contribution in [1.82, 2.24) is 4.98 Å². The molecule has 2 nitrogen and oxygen atoms in total. The number of fused-ring (bicyclic) bond motifs is 3. The summed E-state index contributed by atoms with van der Waals surface area (Å²) in [5.74, 6) is 0.0741. The fourth-order valence-corrected chi connectivity index (χ4v) is 3.20. The van der Waals surface area contributed by atoms with Gasteiger partial charge in [-0.15, -0.1) is 0 Å². The number of hydrogen-bond donors (Lipinski definition) is 0. The molecule has 22 heavy (non-hydrogen) atoms. The molecule has 0 amide bonds. The quantitative estimate of drug-likeness (QED) is 0.512. The van der Waals surface area contributed by atoms with Gasteiger partial charge < -0.3 is 0 Å². The minimum Gasteiger partial charge on any atom is -0.289 e. The van der Waals surface area contributed by atoms with Crippen LogP contribution in [0.15, 0.2) is 54.7 Å². The third-order valence-electron chi connectivity index (χ3n) is 4.13. The second kappa shape index (κ2) is 4.63. The number of pyridine rings is 1. The molecule has 0 saturated heterocycles. The van der Waals surface area contributed by atoms with Gasteiger partial charge >= 0.3 is 0 Å². The fourth-order valence-electron chi connectivity index (χ4n) is 3.20. The molecule has 2 aromatic carbocycles. The molecule has 0 unspecified atom stereocenters. The number of nitrogens with zero attached hydrogens (tertiary/aromatic N) is 1. The summed E-state index contributed by atoms with van der Waals surface area (Å²) in [5, 5.41) is 0. The molecule has 0 spiro atoms. The Balaban J connectivity index is 1.92. The van der Waals surface area contributed by atoms with Crippen LogP contribution in [-0.4, -0.2) is 10.8 Å². The van der Waals surface area contributed by atoms with Crippen LogP contribution in [0.25, 0.3) is 22.4 Å². The van der Waals surface area contributed by atoms with E-state index in [0.29, 0.717) is 5.56 Å². The van der Waals surface area contributed by atoms with Gasteiger partial charge in [0.1, 0.15) is 0 Å². The standard InChI is InChI=1S/C20H15NO/c1-12-7-13(2)9-14(8-12)19-10-17-15-5-3-4-6-16(15)20(22)18(17)11-21-19/h3-11H,1-2H3. The van der Waals surface area contributed by atoms with Crippen LogP contribution in [-0.2, 0) is 0 Å². The van der Waals surface area contributed by atoms with Crippen LogP contribution >= 0.6 is 0 Å². The van der Waals surface area contributed by atoms with Crippen molar-refractivity contribution in [2.45, 2.75) is 13.8 Å². The van der Waals surface area contributed by atoms with E-state index in [2.05, 4.69) is 37.0 Å². The van der Waals surface area contributed by atoms with Gasteiger partial charge in [-0.2, -0.15) is 0 Å². The lowest BCUT2D eigenvalue weighted by Gasteiger charge is -2.07. The third kappa shape index (κ3) is 1.88. The summed E-state index contributed by atoms with van der Waals surface area (Å²) in [7, 11) is 0. The molecule has 4 rings (SSSR count). The number of carbonyl (C=O) groups excluding carboxylic acids is 1. The summed E-state index contributed by atoms with van der Waals surface area (Å²) in [6.45, 7) is 4.17. The molecule has 0 radical (unpaired) electrons. The highest BCUT2D eigenvalue weighted by Crippen LogP contribution is 2.37. The number of hydrogen-bond acceptors (Lipinski definition) is 2. The minimum absolute atomic E-state index is 0.0741. The highest BCUT2D eigenvalue weighted by atomic mass is 16.1. The monoisotopic (exact) mass is 285 g/mol. The summed E-state index contributed by atoms with van der Waals surface area (Å²) >= 11 is 0. The van der Waals surface area contributed by atoms with Gasteiger partial charge in [0.25, 0.3) is 0 Å². The zero-order chi connectivity index (χ0) is 15.3. The molecule has 1 aliphatic carbocycles. The van der Waals surface area contributed by atoms with Gasteiger partial charge in [-0.25, -0.2) is 0 Å². The van der Waals surface area contributed by atoms with Crippen LogP contribution < -0.4 is 0 Å². The first-order valence-corrected chi connectivity index (χ1v) is 7.36. The summed E-state index contributed by atoms with van der Waals surface area (Å²) in [6, 6.07) is 16.2. The normalized spacial score (nSPS) is 12.2. The summed E-state index contributed by atoms with van der Waals surface area (Å²) in [6.07, 6.45) is 1.71. The van der Waals surface area contributed by atoms with Crippen molar-refractivity contribution in [3.05, 3.63) is 77.0 Å². The van der Waals surface area contributed by atoms with Gasteiger partial charge in [-0.1, -0.05) is 41.5 Å². The van der Waals surface area contributed by atoms with Gasteiger partial charge in [-0.3, -0.25) is 9.78 Å². The largest absolute Gasteiger partial charge is 0.289 e. The second-order valence-electron chi connectivity index (χ2n) is 5.87. The average Bonchev–Trinajstić information content (AvgIpc) is 2.80. The van der Waals surface area contributed by atoms with E-state index in [9.17, 15) is 4.79 Å². The van der Waals surface area contributed by atoms with Crippen molar-refractivity contribution < 1.29 is 4.79 Å². The molecule has 1 aliphatic rings. The Bertz CT molecular complexity index is 904. The summed E-state index contributed by atoms with van der Waals surface area (Å²) in [5.41, 5.74) is 7.92. The zero-order valence-corrected chi connectivity index (χ0v) is 12.6. The van der Waals surface area contributed by atoms with Crippen molar-refractivity contribution in [1.29, 1.82) is 0 Å². The van der Waals surface area contributed by atoms with Gasteiger partial charge in [0.15, 0.2) is 5.78 Å². The minimum atomic E-state index is 0.0741. The van der Waals surface area contributed by atoms with Crippen LogP contribution in [0.2, 0.25) is 0 Å². The van der Waals surface area contributed by atoms with E-state index in [4.69, 9.17) is 0 Å². The van der Waals surface area contributed by atoms with Gasteiger partial charge in [0.05, 0.1) is 5.69 Å². The zero-order valence-electron chi connectivity index (χ0n) is 12.6. The predicted octanol–water partition coefficient (Wildman–Crippen LogP) is 4.58. The highest BCUT2D eigenvalue weighted by Gasteiger charge is 2.26. The Hall–Kier alpha value is -2.74. The number of carbonyl (C=O) groups is 1. The Morgan fingerprint density at radius 2 is 1.45 bits per heavy atom. The maximum absolute atomic E-state index is 12.4. The third-order valence-corrected chi connectivity index (χ3v) is 4.13. The molecule has 0 fully saturated rings. The van der Waals surface area contributed by atoms with E-state index < -0.39 is 0 Å². The van der Waals surface area contributed by atoms with E-state index in [1.807, 2.05) is 30.3 Å². The molecule has 1 heterocycles. The van der Waals surface area contributed by atoms with Crippen molar-refractivity contribution in [3.63, 3.8) is 0 Å². The molecule has 1 aromatic heterocycles. The van der Waals surface area contributed by atoms with Crippen LogP contribution in [0.4, 0.5) is 0 Å². The van der Waals surface area contributed by atoms with Crippen molar-refractivity contribution in [2.75, 3.05) is 0 Å². The lowest BCUT2D eigenvalue weighted by Crippen LogP contribution is -1.96. The Morgan fingerprint density at radius 1 is 0.773 bits per heavy atom. The number of aryl methyl sites for hydroxylation is 2. The first-order valence-electron chi connectivity index (χ1n) is 7.36. The summed E-state index contributed by atoms with van der Waals surface area (Å²) < 4.78 is 0. The second-order valence-corrected chi connectivity index (χ2v) is 5.87. The molecule has 0 saturated carbocycles. The fraction of sp³-hybridized carbons (Fsp3) is 0.100. The molecular formula is C20H15NO. The molecule has 106 valence electrons. The SMILES string of the molecule is Cc1cc(C)cc(-c2cc3c(cn2)C(=O)c2ccccc2-3)c1. The van der Waals surface area contributed by atoms with E-state index in [0.717, 1.165) is 27.9 Å². The lowest BCUT2D eigenvalue weighted by molar-refractivity contribution is 0.104. The summed E-state index contributed by atoms with van der Waals surface area (Å²) in [4.78, 5) is 16.9. The predicted molar refractivity (Wildman–Crippen MR) is 88.0 cm³/mol. The molecule has 0 bridgehead atoms. The van der Waals surface area contributed by atoms with Gasteiger partial charge in [0.2, 0.25) is 0 Å². The highest BCUT2D eigenvalue weighted by molar-refractivity contribution is 6.21. The maximum Gasteiger partial charge on any atom is 0.195 e. The average molecular weight is 285 g/mol. The Kier molecular flexibility index (Phi) is 2.73. The van der Waals surface area contributed by atoms with E-state index in [-0.39, 0.29) is 5.78 Å². The molecule has 0 N–H and O–H groups in total. The van der Waals surface area contributed by atoms with Crippen molar-refractivity contribution in [3.8, 4) is 22.4 Å². The van der Waals surface area contributed by atoms with E-state index in [1.165, 1.54) is 11.1 Å².